The molecule has 0 aromatic heterocycles. The first-order valence-corrected chi connectivity index (χ1v) is 15.1. The van der Waals surface area contributed by atoms with Crippen LogP contribution in [0, 0.1) is 0 Å². The van der Waals surface area contributed by atoms with E-state index in [2.05, 4.69) is 26.2 Å². The number of carbonyl (C=O) groups is 2. The predicted octanol–water partition coefficient (Wildman–Crippen LogP) is 4.54. The van der Waals surface area contributed by atoms with Crippen molar-refractivity contribution in [1.82, 2.24) is 0 Å². The molecule has 25 heavy (non-hydrogen) atoms. The van der Waals surface area contributed by atoms with Gasteiger partial charge in [0.2, 0.25) is 0 Å². The molecule has 0 N–H and O–H groups in total. The second kappa shape index (κ2) is 12.3. The highest BCUT2D eigenvalue weighted by molar-refractivity contribution is 6.84. The van der Waals surface area contributed by atoms with Crippen molar-refractivity contribution in [3.63, 3.8) is 0 Å². The molecule has 0 amide bonds. The molecule has 9 heteroatoms. The fourth-order valence-electron chi connectivity index (χ4n) is 2.48. The SMILES string of the molecule is CCOC(=O)OCCC[Si](C)(C)O[Si](C)(C)CCCOC(=O)OCC. The minimum absolute atomic E-state index is 0.321. The maximum atomic E-state index is 11.1. The van der Waals surface area contributed by atoms with E-state index < -0.39 is 28.9 Å². The molecule has 0 heterocycles. The zero-order valence-electron chi connectivity index (χ0n) is 16.5. The Hall–Kier alpha value is -1.07. The Labute approximate surface area is 153 Å². The van der Waals surface area contributed by atoms with Crippen molar-refractivity contribution >= 4 is 28.9 Å². The molecule has 0 bridgehead atoms. The molecule has 148 valence electrons. The Morgan fingerprint density at radius 3 is 1.36 bits per heavy atom. The van der Waals surface area contributed by atoms with E-state index in [0.29, 0.717) is 26.4 Å². The van der Waals surface area contributed by atoms with Gasteiger partial charge >= 0.3 is 12.3 Å². The summed E-state index contributed by atoms with van der Waals surface area (Å²) in [6.07, 6.45) is 0.321. The molecular weight excluding hydrogens is 360 g/mol. The van der Waals surface area contributed by atoms with Crippen LogP contribution in [0.1, 0.15) is 26.7 Å². The average Bonchev–Trinajstić information content (AvgIpc) is 2.48. The van der Waals surface area contributed by atoms with Gasteiger partial charge in [-0.05, 0) is 65.0 Å². The van der Waals surface area contributed by atoms with E-state index in [0.717, 1.165) is 24.9 Å². The molecule has 0 saturated heterocycles. The van der Waals surface area contributed by atoms with Gasteiger partial charge in [0, 0.05) is 0 Å². The second-order valence-electron chi connectivity index (χ2n) is 6.89. The van der Waals surface area contributed by atoms with E-state index in [1.54, 1.807) is 13.8 Å². The van der Waals surface area contributed by atoms with Crippen molar-refractivity contribution in [2.45, 2.75) is 65.0 Å². The average molecular weight is 395 g/mol. The van der Waals surface area contributed by atoms with Gasteiger partial charge in [-0.25, -0.2) is 9.59 Å². The predicted molar refractivity (Wildman–Crippen MR) is 101 cm³/mol. The summed E-state index contributed by atoms with van der Waals surface area (Å²) >= 11 is 0. The zero-order valence-corrected chi connectivity index (χ0v) is 18.5. The van der Waals surface area contributed by atoms with E-state index in [9.17, 15) is 9.59 Å². The molecule has 0 radical (unpaired) electrons. The first-order chi connectivity index (χ1) is 11.6. The zero-order chi connectivity index (χ0) is 19.3. The van der Waals surface area contributed by atoms with Crippen molar-refractivity contribution in [3.8, 4) is 0 Å². The smallest absolute Gasteiger partial charge is 0.455 e. The summed E-state index contributed by atoms with van der Waals surface area (Å²) < 4.78 is 25.9. The maximum absolute atomic E-state index is 11.1. The molecule has 0 aromatic rings. The van der Waals surface area contributed by atoms with Gasteiger partial charge in [-0.2, -0.15) is 0 Å². The van der Waals surface area contributed by atoms with Gasteiger partial charge in [0.05, 0.1) is 26.4 Å². The number of carbonyl (C=O) groups excluding carboxylic acids is 2. The van der Waals surface area contributed by atoms with Crippen molar-refractivity contribution in [3.05, 3.63) is 0 Å². The normalized spacial score (nSPS) is 11.8. The number of ether oxygens (including phenoxy) is 4. The van der Waals surface area contributed by atoms with Crippen LogP contribution >= 0.6 is 0 Å². The fraction of sp³-hybridized carbons (Fsp3) is 0.875. The first-order valence-electron chi connectivity index (χ1n) is 8.91. The number of hydrogen-bond donors (Lipinski definition) is 0. The fourth-order valence-corrected chi connectivity index (χ4v) is 11.3. The quantitative estimate of drug-likeness (QED) is 0.273. The Kier molecular flexibility index (Phi) is 11.8. The molecule has 0 saturated carbocycles. The van der Waals surface area contributed by atoms with Crippen molar-refractivity contribution in [1.29, 1.82) is 0 Å². The highest BCUT2D eigenvalue weighted by atomic mass is 28.4. The minimum atomic E-state index is -1.83. The lowest BCUT2D eigenvalue weighted by molar-refractivity contribution is 0.0582. The van der Waals surface area contributed by atoms with Gasteiger partial charge in [0.1, 0.15) is 0 Å². The van der Waals surface area contributed by atoms with Crippen LogP contribution in [0.25, 0.3) is 0 Å². The number of rotatable bonds is 12. The van der Waals surface area contributed by atoms with E-state index in [1.165, 1.54) is 0 Å². The molecule has 7 nitrogen and oxygen atoms in total. The van der Waals surface area contributed by atoms with Crippen LogP contribution in [0.5, 0.6) is 0 Å². The van der Waals surface area contributed by atoms with Crippen LogP contribution in [0.3, 0.4) is 0 Å². The Morgan fingerprint density at radius 1 is 0.680 bits per heavy atom. The number of hydrogen-bond acceptors (Lipinski definition) is 7. The van der Waals surface area contributed by atoms with Crippen LogP contribution in [0.2, 0.25) is 38.3 Å². The highest BCUT2D eigenvalue weighted by Crippen LogP contribution is 2.23. The largest absolute Gasteiger partial charge is 0.508 e. The van der Waals surface area contributed by atoms with E-state index >= 15 is 0 Å². The third kappa shape index (κ3) is 13.9. The Bertz CT molecular complexity index is 364. The molecule has 0 aliphatic carbocycles. The van der Waals surface area contributed by atoms with Gasteiger partial charge in [-0.15, -0.1) is 0 Å². The lowest BCUT2D eigenvalue weighted by Gasteiger charge is -2.34. The summed E-state index contributed by atoms with van der Waals surface area (Å²) in [6.45, 7) is 13.6. The third-order valence-corrected chi connectivity index (χ3v) is 10.9. The summed E-state index contributed by atoms with van der Waals surface area (Å²) in [4.78, 5) is 22.3. The van der Waals surface area contributed by atoms with E-state index in [1.807, 2.05) is 0 Å². The highest BCUT2D eigenvalue weighted by Gasteiger charge is 2.32. The molecule has 0 rings (SSSR count). The molecule has 0 fully saturated rings. The van der Waals surface area contributed by atoms with E-state index in [-0.39, 0.29) is 0 Å². The summed E-state index contributed by atoms with van der Waals surface area (Å²) in [5, 5.41) is 0. The molecule has 0 unspecified atom stereocenters. The standard InChI is InChI=1S/C16H34O7Si2/c1-7-19-15(17)21-11-9-13-24(3,4)23-25(5,6)14-10-12-22-16(18)20-8-2/h7-14H2,1-6H3. The summed E-state index contributed by atoms with van der Waals surface area (Å²) in [7, 11) is -3.65. The van der Waals surface area contributed by atoms with Crippen LogP contribution in [-0.2, 0) is 23.1 Å². The van der Waals surface area contributed by atoms with Gasteiger partial charge in [0.25, 0.3) is 0 Å². The van der Waals surface area contributed by atoms with E-state index in [4.69, 9.17) is 23.1 Å². The molecule has 0 aliphatic heterocycles. The monoisotopic (exact) mass is 394 g/mol. The Morgan fingerprint density at radius 2 is 1.04 bits per heavy atom. The van der Waals surface area contributed by atoms with Crippen LogP contribution in [0.4, 0.5) is 9.59 Å². The molecule has 0 atom stereocenters. The van der Waals surface area contributed by atoms with Crippen molar-refractivity contribution in [2.75, 3.05) is 26.4 Å². The topological polar surface area (TPSA) is 80.3 Å². The summed E-state index contributed by atoms with van der Waals surface area (Å²) in [5.74, 6) is 0. The summed E-state index contributed by atoms with van der Waals surface area (Å²) in [6, 6.07) is 1.84. The molecule has 0 spiro atoms. The third-order valence-electron chi connectivity index (χ3n) is 3.36. The molecule has 0 aliphatic rings. The van der Waals surface area contributed by atoms with Crippen LogP contribution in [-0.4, -0.2) is 55.4 Å². The summed E-state index contributed by atoms with van der Waals surface area (Å²) in [5.41, 5.74) is 0. The molecular formula is C16H34O7Si2. The van der Waals surface area contributed by atoms with Gasteiger partial charge < -0.3 is 23.1 Å². The first kappa shape index (κ1) is 23.9. The Balaban J connectivity index is 4.02. The second-order valence-corrected chi connectivity index (χ2v) is 15.7. The van der Waals surface area contributed by atoms with Crippen LogP contribution < -0.4 is 0 Å². The van der Waals surface area contributed by atoms with Crippen molar-refractivity contribution < 1.29 is 32.7 Å². The van der Waals surface area contributed by atoms with Crippen molar-refractivity contribution in [2.24, 2.45) is 0 Å². The van der Waals surface area contributed by atoms with Gasteiger partial charge in [-0.3, -0.25) is 0 Å². The van der Waals surface area contributed by atoms with Gasteiger partial charge in [-0.1, -0.05) is 0 Å². The lowest BCUT2D eigenvalue weighted by atomic mass is 10.5. The minimum Gasteiger partial charge on any atom is -0.455 e. The lowest BCUT2D eigenvalue weighted by Crippen LogP contribution is -2.44. The van der Waals surface area contributed by atoms with Crippen LogP contribution in [0.15, 0.2) is 0 Å². The maximum Gasteiger partial charge on any atom is 0.508 e. The molecule has 0 aromatic carbocycles. The van der Waals surface area contributed by atoms with Gasteiger partial charge in [0.15, 0.2) is 16.6 Å².